The maximum absolute atomic E-state index is 5.76. The highest BCUT2D eigenvalue weighted by atomic mass is 16.5. The number of aliphatic imine (C=N–C) groups is 1. The van der Waals surface area contributed by atoms with Gasteiger partial charge in [0.2, 0.25) is 0 Å². The molecule has 2 aliphatic heterocycles. The Labute approximate surface area is 155 Å². The van der Waals surface area contributed by atoms with Crippen LogP contribution >= 0.6 is 0 Å². The van der Waals surface area contributed by atoms with Gasteiger partial charge in [0.05, 0.1) is 25.9 Å². The minimum absolute atomic E-state index is 0.270. The maximum Gasteiger partial charge on any atom is 0.191 e. The van der Waals surface area contributed by atoms with Gasteiger partial charge in [0.1, 0.15) is 0 Å². The van der Waals surface area contributed by atoms with Gasteiger partial charge in [-0.15, -0.1) is 0 Å². The van der Waals surface area contributed by atoms with Gasteiger partial charge < -0.3 is 29.6 Å². The molecule has 1 atom stereocenters. The molecule has 1 fully saturated rings. The zero-order chi connectivity index (χ0) is 18.0. The van der Waals surface area contributed by atoms with Gasteiger partial charge in [0, 0.05) is 39.8 Å². The fourth-order valence-corrected chi connectivity index (χ4v) is 2.90. The van der Waals surface area contributed by atoms with E-state index in [2.05, 4.69) is 15.6 Å². The molecule has 0 radical (unpaired) electrons. The summed E-state index contributed by atoms with van der Waals surface area (Å²) in [5.41, 5.74) is 1.13. The molecule has 1 aromatic carbocycles. The summed E-state index contributed by atoms with van der Waals surface area (Å²) >= 11 is 0. The van der Waals surface area contributed by atoms with Gasteiger partial charge in [-0.1, -0.05) is 6.07 Å². The quantitative estimate of drug-likeness (QED) is 0.436. The Morgan fingerprint density at radius 1 is 1.19 bits per heavy atom. The van der Waals surface area contributed by atoms with E-state index >= 15 is 0 Å². The van der Waals surface area contributed by atoms with E-state index < -0.39 is 0 Å². The lowest BCUT2D eigenvalue weighted by atomic mass is 10.2. The molecule has 0 aromatic heterocycles. The Balaban J connectivity index is 1.36. The first-order valence-electron chi connectivity index (χ1n) is 9.37. The molecule has 0 spiro atoms. The molecule has 2 aliphatic rings. The van der Waals surface area contributed by atoms with Crippen LogP contribution in [0.5, 0.6) is 11.5 Å². The lowest BCUT2D eigenvalue weighted by Gasteiger charge is -2.14. The number of ether oxygens (including phenoxy) is 4. The Hall–Kier alpha value is -1.99. The Bertz CT molecular complexity index is 588. The third-order valence-electron chi connectivity index (χ3n) is 4.35. The monoisotopic (exact) mass is 363 g/mol. The summed E-state index contributed by atoms with van der Waals surface area (Å²) < 4.78 is 22.5. The molecule has 0 aliphatic carbocycles. The van der Waals surface area contributed by atoms with Crippen molar-refractivity contribution < 1.29 is 18.9 Å². The topological polar surface area (TPSA) is 73.3 Å². The number of guanidine groups is 1. The van der Waals surface area contributed by atoms with Gasteiger partial charge in [-0.2, -0.15) is 0 Å². The van der Waals surface area contributed by atoms with Crippen LogP contribution in [0.3, 0.4) is 0 Å². The van der Waals surface area contributed by atoms with E-state index in [4.69, 9.17) is 18.9 Å². The summed E-state index contributed by atoms with van der Waals surface area (Å²) in [7, 11) is 1.77. The highest BCUT2D eigenvalue weighted by Gasteiger charge is 2.15. The maximum atomic E-state index is 5.76. The summed E-state index contributed by atoms with van der Waals surface area (Å²) in [6, 6.07) is 6.04. The largest absolute Gasteiger partial charge is 0.490 e. The van der Waals surface area contributed by atoms with Crippen molar-refractivity contribution >= 4 is 5.96 Å². The second-order valence-electron chi connectivity index (χ2n) is 6.39. The number of benzene rings is 1. The number of nitrogens with one attached hydrogen (secondary N) is 2. The fourth-order valence-electron chi connectivity index (χ4n) is 2.90. The molecule has 144 valence electrons. The van der Waals surface area contributed by atoms with E-state index in [1.165, 1.54) is 0 Å². The van der Waals surface area contributed by atoms with Crippen molar-refractivity contribution in [2.75, 3.05) is 46.6 Å². The van der Waals surface area contributed by atoms with Crippen LogP contribution in [-0.2, 0) is 16.0 Å². The molecule has 26 heavy (non-hydrogen) atoms. The Kier molecular flexibility index (Phi) is 7.39. The van der Waals surface area contributed by atoms with Crippen LogP contribution in [0.1, 0.15) is 24.8 Å². The second-order valence-corrected chi connectivity index (χ2v) is 6.39. The molecule has 2 heterocycles. The first-order valence-corrected chi connectivity index (χ1v) is 9.37. The molecule has 1 saturated heterocycles. The number of hydrogen-bond donors (Lipinski definition) is 2. The van der Waals surface area contributed by atoms with Gasteiger partial charge in [-0.3, -0.25) is 4.99 Å². The molecular weight excluding hydrogens is 334 g/mol. The molecule has 2 N–H and O–H groups in total. The van der Waals surface area contributed by atoms with Crippen LogP contribution in [-0.4, -0.2) is 58.7 Å². The normalized spacial score (nSPS) is 19.9. The van der Waals surface area contributed by atoms with E-state index in [1.807, 2.05) is 18.2 Å². The van der Waals surface area contributed by atoms with Crippen LogP contribution in [0.4, 0.5) is 0 Å². The molecule has 0 bridgehead atoms. The first kappa shape index (κ1) is 18.8. The van der Waals surface area contributed by atoms with Gasteiger partial charge in [0.15, 0.2) is 17.5 Å². The van der Waals surface area contributed by atoms with E-state index in [0.717, 1.165) is 68.6 Å². The third kappa shape index (κ3) is 5.78. The van der Waals surface area contributed by atoms with Crippen molar-refractivity contribution in [3.05, 3.63) is 23.8 Å². The molecular formula is C19H29N3O4. The first-order chi connectivity index (χ1) is 12.8. The SMILES string of the molecule is CN=C(NCCCOC1CCOC1)NCc1ccc2c(c1)OCCCO2. The van der Waals surface area contributed by atoms with Crippen molar-refractivity contribution in [2.24, 2.45) is 4.99 Å². The Morgan fingerprint density at radius 2 is 2.08 bits per heavy atom. The van der Waals surface area contributed by atoms with Crippen LogP contribution in [0.25, 0.3) is 0 Å². The van der Waals surface area contributed by atoms with E-state index in [-0.39, 0.29) is 6.10 Å². The number of rotatable bonds is 7. The average Bonchev–Trinajstić information content (AvgIpc) is 3.07. The van der Waals surface area contributed by atoms with Gasteiger partial charge in [-0.05, 0) is 30.5 Å². The minimum Gasteiger partial charge on any atom is -0.490 e. The van der Waals surface area contributed by atoms with E-state index in [9.17, 15) is 0 Å². The zero-order valence-corrected chi connectivity index (χ0v) is 15.5. The lowest BCUT2D eigenvalue weighted by Crippen LogP contribution is -2.37. The van der Waals surface area contributed by atoms with Crippen LogP contribution in [0.2, 0.25) is 0 Å². The molecule has 3 rings (SSSR count). The van der Waals surface area contributed by atoms with Gasteiger partial charge in [0.25, 0.3) is 0 Å². The number of nitrogens with zero attached hydrogens (tertiary/aromatic N) is 1. The van der Waals surface area contributed by atoms with E-state index in [1.54, 1.807) is 7.05 Å². The van der Waals surface area contributed by atoms with Crippen molar-refractivity contribution in [1.82, 2.24) is 10.6 Å². The van der Waals surface area contributed by atoms with Crippen LogP contribution in [0.15, 0.2) is 23.2 Å². The van der Waals surface area contributed by atoms with Crippen molar-refractivity contribution in [2.45, 2.75) is 31.9 Å². The van der Waals surface area contributed by atoms with Crippen LogP contribution < -0.4 is 20.1 Å². The smallest absolute Gasteiger partial charge is 0.191 e. The average molecular weight is 363 g/mol. The Morgan fingerprint density at radius 3 is 2.88 bits per heavy atom. The van der Waals surface area contributed by atoms with Crippen molar-refractivity contribution in [3.63, 3.8) is 0 Å². The number of fused-ring (bicyclic) bond motifs is 1. The molecule has 0 amide bonds. The highest BCUT2D eigenvalue weighted by molar-refractivity contribution is 5.79. The summed E-state index contributed by atoms with van der Waals surface area (Å²) in [5, 5.41) is 6.63. The van der Waals surface area contributed by atoms with Crippen molar-refractivity contribution in [1.29, 1.82) is 0 Å². The van der Waals surface area contributed by atoms with Gasteiger partial charge >= 0.3 is 0 Å². The predicted molar refractivity (Wildman–Crippen MR) is 100 cm³/mol. The highest BCUT2D eigenvalue weighted by Crippen LogP contribution is 2.30. The fraction of sp³-hybridized carbons (Fsp3) is 0.632. The standard InChI is InChI=1S/C19H29N3O4/c1-20-19(21-7-2-8-24-16-6-11-23-14-16)22-13-15-4-5-17-18(12-15)26-10-3-9-25-17/h4-5,12,16H,2-3,6-11,13-14H2,1H3,(H2,20,21,22). The molecule has 7 heteroatoms. The summed E-state index contributed by atoms with van der Waals surface area (Å²) in [4.78, 5) is 4.26. The molecule has 1 unspecified atom stereocenters. The van der Waals surface area contributed by atoms with Crippen LogP contribution in [0, 0.1) is 0 Å². The predicted octanol–water partition coefficient (Wildman–Crippen LogP) is 1.71. The summed E-state index contributed by atoms with van der Waals surface area (Å²) in [6.45, 7) is 5.17. The molecule has 7 nitrogen and oxygen atoms in total. The summed E-state index contributed by atoms with van der Waals surface area (Å²) in [5.74, 6) is 2.42. The molecule has 1 aromatic rings. The summed E-state index contributed by atoms with van der Waals surface area (Å²) in [6.07, 6.45) is 3.12. The number of hydrogen-bond acceptors (Lipinski definition) is 5. The minimum atomic E-state index is 0.270. The van der Waals surface area contributed by atoms with E-state index in [0.29, 0.717) is 19.8 Å². The van der Waals surface area contributed by atoms with Crippen molar-refractivity contribution in [3.8, 4) is 11.5 Å². The second kappa shape index (κ2) is 10.2. The third-order valence-corrected chi connectivity index (χ3v) is 4.35. The lowest BCUT2D eigenvalue weighted by molar-refractivity contribution is 0.0420. The van der Waals surface area contributed by atoms with Gasteiger partial charge in [-0.25, -0.2) is 0 Å². The zero-order valence-electron chi connectivity index (χ0n) is 15.5. The molecule has 0 saturated carbocycles.